The number of aromatic amines is 1. The van der Waals surface area contributed by atoms with Crippen molar-refractivity contribution in [3.05, 3.63) is 58.4 Å². The molecule has 0 atom stereocenters. The van der Waals surface area contributed by atoms with E-state index in [2.05, 4.69) is 64.9 Å². The number of imidazole rings is 1. The Balaban J connectivity index is 1.31. The van der Waals surface area contributed by atoms with E-state index >= 15 is 0 Å². The fourth-order valence-electron chi connectivity index (χ4n) is 4.96. The minimum Gasteiger partial charge on any atom is -0.494 e. The Bertz CT molecular complexity index is 1170. The van der Waals surface area contributed by atoms with E-state index in [1.54, 1.807) is 6.33 Å². The molecule has 0 amide bonds. The average Bonchev–Trinajstić information content (AvgIpc) is 3.37. The zero-order valence-corrected chi connectivity index (χ0v) is 19.4. The third kappa shape index (κ3) is 3.78. The molecule has 166 valence electrons. The lowest BCUT2D eigenvalue weighted by Gasteiger charge is -2.32. The van der Waals surface area contributed by atoms with Gasteiger partial charge in [0.2, 0.25) is 0 Å². The molecule has 32 heavy (non-hydrogen) atoms. The summed E-state index contributed by atoms with van der Waals surface area (Å²) in [6.45, 7) is 11.0. The molecule has 3 heterocycles. The highest BCUT2D eigenvalue weighted by Crippen LogP contribution is 2.35. The van der Waals surface area contributed by atoms with Gasteiger partial charge >= 0.3 is 0 Å². The Hall–Kier alpha value is -3.15. The number of nitrogens with one attached hydrogen (secondary N) is 1. The van der Waals surface area contributed by atoms with Crippen LogP contribution in [0.25, 0.3) is 17.3 Å². The second-order valence-corrected chi connectivity index (χ2v) is 9.00. The van der Waals surface area contributed by atoms with Crippen molar-refractivity contribution < 1.29 is 4.74 Å². The summed E-state index contributed by atoms with van der Waals surface area (Å²) >= 11 is 0. The first-order chi connectivity index (χ1) is 15.5. The number of H-pyrrole nitrogens is 1. The lowest BCUT2D eigenvalue weighted by atomic mass is 9.96. The molecule has 5 rings (SSSR count). The number of anilines is 1. The Morgan fingerprint density at radius 1 is 1.12 bits per heavy atom. The number of aryl methyl sites for hydroxylation is 2. The van der Waals surface area contributed by atoms with Crippen LogP contribution < -0.4 is 9.64 Å². The third-order valence-corrected chi connectivity index (χ3v) is 6.61. The topological polar surface area (TPSA) is 66.9 Å². The number of allylic oxidation sites excluding steroid dienone is 1. The second-order valence-electron chi connectivity index (χ2n) is 9.00. The molecule has 0 unspecified atom stereocenters. The van der Waals surface area contributed by atoms with Crippen LogP contribution in [-0.2, 0) is 6.42 Å². The summed E-state index contributed by atoms with van der Waals surface area (Å²) in [5.74, 6) is 3.58. The zero-order chi connectivity index (χ0) is 22.2. The molecule has 1 aliphatic carbocycles. The van der Waals surface area contributed by atoms with Crippen LogP contribution in [0.2, 0.25) is 0 Å². The van der Waals surface area contributed by atoms with Crippen molar-refractivity contribution in [1.82, 2.24) is 19.9 Å². The Morgan fingerprint density at radius 2 is 1.94 bits per heavy atom. The molecular weight excluding hydrogens is 398 g/mol. The highest BCUT2D eigenvalue weighted by molar-refractivity contribution is 5.72. The van der Waals surface area contributed by atoms with Gasteiger partial charge in [-0.3, -0.25) is 0 Å². The van der Waals surface area contributed by atoms with Crippen molar-refractivity contribution >= 4 is 11.9 Å². The van der Waals surface area contributed by atoms with Gasteiger partial charge in [0.1, 0.15) is 23.7 Å². The first kappa shape index (κ1) is 20.7. The first-order valence-corrected chi connectivity index (χ1v) is 11.6. The first-order valence-electron chi connectivity index (χ1n) is 11.6. The van der Waals surface area contributed by atoms with Crippen LogP contribution in [0.4, 0.5) is 5.82 Å². The summed E-state index contributed by atoms with van der Waals surface area (Å²) in [4.78, 5) is 20.1. The lowest BCUT2D eigenvalue weighted by molar-refractivity contribution is 0.338. The standard InChI is InChI=1S/C26H31N5O/c1-5-32-23-7-6-20(14-17(23)3)24-18(4)29-25(30-24)19-8-10-31(11-9-19)26-21-12-16(2)13-22(21)27-15-28-26/h6-7,12,14-15,19H,5,8-11,13H2,1-4H3,(H,29,30). The van der Waals surface area contributed by atoms with Crippen LogP contribution in [0, 0.1) is 13.8 Å². The van der Waals surface area contributed by atoms with Gasteiger partial charge in [-0.25, -0.2) is 15.0 Å². The highest BCUT2D eigenvalue weighted by Gasteiger charge is 2.27. The predicted molar refractivity (Wildman–Crippen MR) is 128 cm³/mol. The summed E-state index contributed by atoms with van der Waals surface area (Å²) in [7, 11) is 0. The van der Waals surface area contributed by atoms with Crippen LogP contribution in [0.15, 0.2) is 30.1 Å². The van der Waals surface area contributed by atoms with E-state index in [0.29, 0.717) is 12.5 Å². The number of ether oxygens (including phenoxy) is 1. The molecule has 2 aromatic heterocycles. The fourth-order valence-corrected chi connectivity index (χ4v) is 4.96. The summed E-state index contributed by atoms with van der Waals surface area (Å²) in [6.07, 6.45) is 7.04. The molecular formula is C26H31N5O. The SMILES string of the molecule is CCOc1ccc(-c2nc(C3CCN(c4ncnc5c4C=C(C)C5)CC3)[nH]c2C)cc1C. The van der Waals surface area contributed by atoms with E-state index in [1.165, 1.54) is 11.1 Å². The summed E-state index contributed by atoms with van der Waals surface area (Å²) in [5, 5.41) is 0. The molecule has 1 aliphatic heterocycles. The molecule has 1 saturated heterocycles. The molecule has 6 heteroatoms. The molecule has 0 radical (unpaired) electrons. The maximum absolute atomic E-state index is 5.69. The van der Waals surface area contributed by atoms with Gasteiger partial charge in [-0.2, -0.15) is 0 Å². The number of rotatable bonds is 5. The van der Waals surface area contributed by atoms with Crippen molar-refractivity contribution in [1.29, 1.82) is 0 Å². The largest absolute Gasteiger partial charge is 0.494 e. The molecule has 0 bridgehead atoms. The quantitative estimate of drug-likeness (QED) is 0.602. The van der Waals surface area contributed by atoms with Crippen molar-refractivity contribution in [2.75, 3.05) is 24.6 Å². The Morgan fingerprint density at radius 3 is 2.69 bits per heavy atom. The minimum atomic E-state index is 0.439. The maximum atomic E-state index is 5.69. The summed E-state index contributed by atoms with van der Waals surface area (Å²) in [5.41, 5.74) is 8.19. The van der Waals surface area contributed by atoms with Gasteiger partial charge in [0.15, 0.2) is 0 Å². The number of aromatic nitrogens is 4. The Kier molecular flexibility index (Phi) is 5.45. The number of fused-ring (bicyclic) bond motifs is 1. The van der Waals surface area contributed by atoms with Gasteiger partial charge in [0.25, 0.3) is 0 Å². The van der Waals surface area contributed by atoms with Crippen molar-refractivity contribution in [3.63, 3.8) is 0 Å². The van der Waals surface area contributed by atoms with E-state index in [-0.39, 0.29) is 0 Å². The number of hydrogen-bond acceptors (Lipinski definition) is 5. The van der Waals surface area contributed by atoms with Gasteiger partial charge in [-0.05, 0) is 64.3 Å². The van der Waals surface area contributed by atoms with E-state index in [1.807, 2.05) is 6.92 Å². The normalized spacial score (nSPS) is 16.2. The van der Waals surface area contributed by atoms with Gasteiger partial charge in [0, 0.05) is 42.2 Å². The van der Waals surface area contributed by atoms with Crippen LogP contribution in [0.1, 0.15) is 60.9 Å². The minimum absolute atomic E-state index is 0.439. The second kappa shape index (κ2) is 8.41. The number of benzene rings is 1. The number of hydrogen-bond donors (Lipinski definition) is 1. The monoisotopic (exact) mass is 429 g/mol. The molecule has 2 aliphatic rings. The summed E-state index contributed by atoms with van der Waals surface area (Å²) in [6, 6.07) is 6.33. The molecule has 6 nitrogen and oxygen atoms in total. The van der Waals surface area contributed by atoms with Crippen LogP contribution in [0.3, 0.4) is 0 Å². The molecule has 3 aromatic rings. The Labute approximate surface area is 189 Å². The molecule has 0 spiro atoms. The van der Waals surface area contributed by atoms with Gasteiger partial charge in [0.05, 0.1) is 18.0 Å². The average molecular weight is 430 g/mol. The van der Waals surface area contributed by atoms with E-state index in [4.69, 9.17) is 9.72 Å². The lowest BCUT2D eigenvalue weighted by Crippen LogP contribution is -2.34. The van der Waals surface area contributed by atoms with Gasteiger partial charge in [-0.1, -0.05) is 11.6 Å². The molecule has 0 saturated carbocycles. The molecule has 1 fully saturated rings. The number of piperidine rings is 1. The van der Waals surface area contributed by atoms with Crippen LogP contribution >= 0.6 is 0 Å². The smallest absolute Gasteiger partial charge is 0.139 e. The summed E-state index contributed by atoms with van der Waals surface area (Å²) < 4.78 is 5.69. The number of nitrogens with zero attached hydrogens (tertiary/aromatic N) is 4. The fraction of sp³-hybridized carbons (Fsp3) is 0.423. The maximum Gasteiger partial charge on any atom is 0.139 e. The van der Waals surface area contributed by atoms with Crippen molar-refractivity contribution in [2.24, 2.45) is 0 Å². The zero-order valence-electron chi connectivity index (χ0n) is 19.4. The van der Waals surface area contributed by atoms with E-state index < -0.39 is 0 Å². The highest BCUT2D eigenvalue weighted by atomic mass is 16.5. The van der Waals surface area contributed by atoms with Crippen LogP contribution in [-0.4, -0.2) is 39.6 Å². The van der Waals surface area contributed by atoms with Crippen molar-refractivity contribution in [2.45, 2.75) is 52.9 Å². The van der Waals surface area contributed by atoms with Gasteiger partial charge < -0.3 is 14.6 Å². The molecule has 1 N–H and O–H groups in total. The van der Waals surface area contributed by atoms with E-state index in [0.717, 1.165) is 78.0 Å². The van der Waals surface area contributed by atoms with Crippen LogP contribution in [0.5, 0.6) is 5.75 Å². The molecule has 1 aromatic carbocycles. The predicted octanol–water partition coefficient (Wildman–Crippen LogP) is 5.23. The van der Waals surface area contributed by atoms with Crippen molar-refractivity contribution in [3.8, 4) is 17.0 Å². The van der Waals surface area contributed by atoms with Gasteiger partial charge in [-0.15, -0.1) is 0 Å². The van der Waals surface area contributed by atoms with E-state index in [9.17, 15) is 0 Å². The third-order valence-electron chi connectivity index (χ3n) is 6.61.